The highest BCUT2D eigenvalue weighted by atomic mass is 15.2. The van der Waals surface area contributed by atoms with Crippen molar-refractivity contribution >= 4 is 34.1 Å². The van der Waals surface area contributed by atoms with Crippen LogP contribution in [0.2, 0.25) is 0 Å². The molecule has 0 aliphatic carbocycles. The number of benzene rings is 8. The summed E-state index contributed by atoms with van der Waals surface area (Å²) in [6.45, 7) is 0. The lowest BCUT2D eigenvalue weighted by molar-refractivity contribution is 0.719. The summed E-state index contributed by atoms with van der Waals surface area (Å²) in [5.41, 5.74) is 13.2. The molecule has 0 fully saturated rings. The van der Waals surface area contributed by atoms with Gasteiger partial charge in [0.15, 0.2) is 17.5 Å². The zero-order chi connectivity index (χ0) is 39.3. The molecule has 11 rings (SSSR count). The van der Waals surface area contributed by atoms with Gasteiger partial charge in [0.25, 0.3) is 0 Å². The molecule has 0 saturated carbocycles. The van der Waals surface area contributed by atoms with Gasteiger partial charge < -0.3 is 9.80 Å². The number of nitrogens with zero attached hydrogens (tertiary/aromatic N) is 6. The first-order valence-corrected chi connectivity index (χ1v) is 19.7. The van der Waals surface area contributed by atoms with Gasteiger partial charge in [0.1, 0.15) is 0 Å². The Balaban J connectivity index is 1.15. The van der Waals surface area contributed by atoms with E-state index in [9.17, 15) is 5.26 Å². The Morgan fingerprint density at radius 2 is 0.712 bits per heavy atom. The zero-order valence-corrected chi connectivity index (χ0v) is 31.8. The van der Waals surface area contributed by atoms with Crippen LogP contribution in [0.3, 0.4) is 0 Å². The highest BCUT2D eigenvalue weighted by Crippen LogP contribution is 2.63. The molecule has 2 aliphatic rings. The number of fused-ring (bicyclic) bond motifs is 8. The molecule has 2 aliphatic heterocycles. The van der Waals surface area contributed by atoms with Crippen molar-refractivity contribution in [3.05, 3.63) is 234 Å². The van der Waals surface area contributed by atoms with Crippen molar-refractivity contribution in [1.29, 1.82) is 5.26 Å². The lowest BCUT2D eigenvalue weighted by Gasteiger charge is -2.51. The lowest BCUT2D eigenvalue weighted by Crippen LogP contribution is -2.41. The largest absolute Gasteiger partial charge is 0.310 e. The molecular formula is C53H34N6. The highest BCUT2D eigenvalue weighted by Gasteiger charge is 2.51. The standard InChI is InChI=1S/C53H34N6/c54-35-36-32-39(52-56-50(37-18-4-1-5-19-37)55-51(57-52)38-20-6-2-7-21-38)34-41(33-36)59-48-30-16-12-26-44(48)53(45-27-13-17-31-49(45)59)42-24-10-14-28-46(42)58(40-22-8-3-9-23-40)47-29-15-11-25-43(47)53/h1-34H. The molecule has 0 radical (unpaired) electrons. The number of para-hydroxylation sites is 5. The third-order valence-electron chi connectivity index (χ3n) is 11.5. The van der Waals surface area contributed by atoms with Crippen molar-refractivity contribution in [1.82, 2.24) is 15.0 Å². The van der Waals surface area contributed by atoms with Crippen molar-refractivity contribution < 1.29 is 0 Å². The Kier molecular flexibility index (Phi) is 7.99. The molecule has 276 valence electrons. The van der Waals surface area contributed by atoms with Crippen LogP contribution in [0.1, 0.15) is 27.8 Å². The number of nitriles is 1. The maximum atomic E-state index is 10.6. The van der Waals surface area contributed by atoms with E-state index in [0.29, 0.717) is 23.0 Å². The van der Waals surface area contributed by atoms with Gasteiger partial charge in [-0.15, -0.1) is 0 Å². The summed E-state index contributed by atoms with van der Waals surface area (Å²) in [6, 6.07) is 73.9. The van der Waals surface area contributed by atoms with Gasteiger partial charge >= 0.3 is 0 Å². The molecule has 59 heavy (non-hydrogen) atoms. The van der Waals surface area contributed by atoms with Crippen LogP contribution < -0.4 is 9.80 Å². The molecule has 0 amide bonds. The Morgan fingerprint density at radius 1 is 0.356 bits per heavy atom. The minimum absolute atomic E-state index is 0.488. The number of hydrogen-bond donors (Lipinski definition) is 0. The summed E-state index contributed by atoms with van der Waals surface area (Å²) in [5.74, 6) is 1.61. The Hall–Kier alpha value is -8.14. The average molecular weight is 755 g/mol. The minimum atomic E-state index is -0.665. The van der Waals surface area contributed by atoms with Crippen LogP contribution in [0.25, 0.3) is 34.2 Å². The summed E-state index contributed by atoms with van der Waals surface area (Å²) < 4.78 is 0. The van der Waals surface area contributed by atoms with Crippen LogP contribution in [-0.4, -0.2) is 15.0 Å². The summed E-state index contributed by atoms with van der Waals surface area (Å²) in [4.78, 5) is 19.7. The van der Waals surface area contributed by atoms with E-state index in [1.165, 1.54) is 11.1 Å². The van der Waals surface area contributed by atoms with E-state index in [4.69, 9.17) is 15.0 Å². The van der Waals surface area contributed by atoms with Crippen molar-refractivity contribution in [2.75, 3.05) is 9.80 Å². The smallest absolute Gasteiger partial charge is 0.164 e. The van der Waals surface area contributed by atoms with E-state index >= 15 is 0 Å². The molecule has 0 saturated heterocycles. The topological polar surface area (TPSA) is 68.9 Å². The minimum Gasteiger partial charge on any atom is -0.310 e. The fraction of sp³-hybridized carbons (Fsp3) is 0.0189. The predicted molar refractivity (Wildman–Crippen MR) is 236 cm³/mol. The Morgan fingerprint density at radius 3 is 1.14 bits per heavy atom. The SMILES string of the molecule is N#Cc1cc(-c2nc(-c3ccccc3)nc(-c3ccccc3)n2)cc(N2c3ccccc3C3(c4ccccc4N(c4ccccc4)c4ccccc43)c3ccccc32)c1. The molecule has 0 N–H and O–H groups in total. The first-order valence-electron chi connectivity index (χ1n) is 19.7. The van der Waals surface area contributed by atoms with Crippen molar-refractivity contribution in [2.45, 2.75) is 5.41 Å². The van der Waals surface area contributed by atoms with Gasteiger partial charge in [-0.1, -0.05) is 152 Å². The number of hydrogen-bond acceptors (Lipinski definition) is 6. The second-order valence-electron chi connectivity index (χ2n) is 14.7. The Bertz CT molecular complexity index is 2930. The fourth-order valence-electron chi connectivity index (χ4n) is 9.08. The van der Waals surface area contributed by atoms with Crippen molar-refractivity contribution in [3.8, 4) is 40.2 Å². The molecule has 6 nitrogen and oxygen atoms in total. The van der Waals surface area contributed by atoms with E-state index in [-0.39, 0.29) is 0 Å². The average Bonchev–Trinajstić information content (AvgIpc) is 3.32. The van der Waals surface area contributed by atoms with E-state index < -0.39 is 5.41 Å². The van der Waals surface area contributed by atoms with Crippen LogP contribution in [0.4, 0.5) is 34.1 Å². The molecule has 0 atom stereocenters. The van der Waals surface area contributed by atoms with Crippen molar-refractivity contribution in [2.24, 2.45) is 0 Å². The maximum Gasteiger partial charge on any atom is 0.164 e. The third kappa shape index (κ3) is 5.37. The molecule has 1 spiro atoms. The zero-order valence-electron chi connectivity index (χ0n) is 31.8. The van der Waals surface area contributed by atoms with Crippen LogP contribution in [-0.2, 0) is 5.41 Å². The molecule has 8 aromatic carbocycles. The van der Waals surface area contributed by atoms with Gasteiger partial charge in [-0.3, -0.25) is 0 Å². The summed E-state index contributed by atoms with van der Waals surface area (Å²) in [5, 5.41) is 10.6. The second-order valence-corrected chi connectivity index (χ2v) is 14.7. The molecule has 9 aromatic rings. The number of aromatic nitrogens is 3. The van der Waals surface area contributed by atoms with E-state index in [2.05, 4.69) is 149 Å². The van der Waals surface area contributed by atoms with Gasteiger partial charge in [0.2, 0.25) is 0 Å². The quantitative estimate of drug-likeness (QED) is 0.174. The molecule has 1 aromatic heterocycles. The monoisotopic (exact) mass is 754 g/mol. The van der Waals surface area contributed by atoms with E-state index in [1.54, 1.807) is 0 Å². The lowest BCUT2D eigenvalue weighted by atomic mass is 9.60. The second kappa shape index (κ2) is 13.8. The van der Waals surface area contributed by atoms with Crippen LogP contribution in [0.5, 0.6) is 0 Å². The number of anilines is 6. The summed E-state index contributed by atoms with van der Waals surface area (Å²) in [6.07, 6.45) is 0. The molecule has 0 bridgehead atoms. The van der Waals surface area contributed by atoms with Crippen LogP contribution in [0, 0.1) is 11.3 Å². The highest BCUT2D eigenvalue weighted by molar-refractivity contribution is 5.97. The van der Waals surface area contributed by atoms with Gasteiger partial charge in [-0.05, 0) is 76.9 Å². The number of rotatable bonds is 5. The van der Waals surface area contributed by atoms with Crippen molar-refractivity contribution in [3.63, 3.8) is 0 Å². The van der Waals surface area contributed by atoms with Gasteiger partial charge in [-0.2, -0.15) is 5.26 Å². The van der Waals surface area contributed by atoms with Gasteiger partial charge in [0, 0.05) is 28.1 Å². The first kappa shape index (κ1) is 34.1. The summed E-state index contributed by atoms with van der Waals surface area (Å²) >= 11 is 0. The van der Waals surface area contributed by atoms with Crippen LogP contribution >= 0.6 is 0 Å². The van der Waals surface area contributed by atoms with E-state index in [1.807, 2.05) is 72.8 Å². The molecule has 6 heteroatoms. The first-order chi connectivity index (χ1) is 29.2. The van der Waals surface area contributed by atoms with E-state index in [0.717, 1.165) is 61.9 Å². The van der Waals surface area contributed by atoms with Gasteiger partial charge in [-0.25, -0.2) is 15.0 Å². The third-order valence-corrected chi connectivity index (χ3v) is 11.5. The van der Waals surface area contributed by atoms with Gasteiger partial charge in [0.05, 0.1) is 39.8 Å². The maximum absolute atomic E-state index is 10.6. The normalized spacial score (nSPS) is 13.1. The fourth-order valence-corrected chi connectivity index (χ4v) is 9.08. The predicted octanol–water partition coefficient (Wildman–Crippen LogP) is 12.7. The van der Waals surface area contributed by atoms with Crippen LogP contribution in [0.15, 0.2) is 206 Å². The molecular weight excluding hydrogens is 721 g/mol. The summed E-state index contributed by atoms with van der Waals surface area (Å²) in [7, 11) is 0. The molecule has 3 heterocycles. The Labute approximate surface area is 342 Å². The molecule has 0 unspecified atom stereocenters.